The van der Waals surface area contributed by atoms with Gasteiger partial charge in [0.1, 0.15) is 12.1 Å². The van der Waals surface area contributed by atoms with Gasteiger partial charge in [-0.05, 0) is 36.1 Å². The van der Waals surface area contributed by atoms with Crippen molar-refractivity contribution in [2.24, 2.45) is 0 Å². The van der Waals surface area contributed by atoms with Gasteiger partial charge in [0.05, 0.1) is 13.1 Å². The van der Waals surface area contributed by atoms with E-state index >= 15 is 0 Å². The second-order valence-electron chi connectivity index (χ2n) is 8.57. The summed E-state index contributed by atoms with van der Waals surface area (Å²) < 4.78 is 5.47. The van der Waals surface area contributed by atoms with Crippen LogP contribution in [0.3, 0.4) is 0 Å². The summed E-state index contributed by atoms with van der Waals surface area (Å²) in [5.74, 6) is -1.97. The van der Waals surface area contributed by atoms with E-state index < -0.39 is 29.1 Å². The summed E-state index contributed by atoms with van der Waals surface area (Å²) in [5, 5.41) is 21.3. The predicted molar refractivity (Wildman–Crippen MR) is 111 cm³/mol. The molecule has 2 aliphatic rings. The number of aliphatic carboxylic acids is 1. The van der Waals surface area contributed by atoms with Crippen LogP contribution in [-0.2, 0) is 14.3 Å². The van der Waals surface area contributed by atoms with Gasteiger partial charge in [-0.25, -0.2) is 9.59 Å². The number of carboxylic acid groups (broad SMARTS) is 1. The highest BCUT2D eigenvalue weighted by molar-refractivity contribution is 5.92. The van der Waals surface area contributed by atoms with E-state index in [1.54, 1.807) is 0 Å². The molecule has 1 aliphatic heterocycles. The number of nitrogens with one attached hydrogen (secondary N) is 1. The van der Waals surface area contributed by atoms with Crippen molar-refractivity contribution in [2.75, 3.05) is 19.7 Å². The first kappa shape index (κ1) is 20.9. The number of alkyl carbamates (subject to hydrolysis) is 1. The number of hydrogen-bond donors (Lipinski definition) is 3. The van der Waals surface area contributed by atoms with Crippen LogP contribution in [0.2, 0.25) is 0 Å². The van der Waals surface area contributed by atoms with Crippen LogP contribution >= 0.6 is 0 Å². The fraction of sp³-hybridized carbons (Fsp3) is 0.348. The number of carbonyl (C=O) groups excluding carboxylic acids is 2. The smallest absolute Gasteiger partial charge is 0.408 e. The molecule has 1 fully saturated rings. The molecule has 0 atom stereocenters. The molecule has 0 bridgehead atoms. The van der Waals surface area contributed by atoms with E-state index in [2.05, 4.69) is 5.32 Å². The van der Waals surface area contributed by atoms with Gasteiger partial charge in [-0.1, -0.05) is 48.5 Å². The summed E-state index contributed by atoms with van der Waals surface area (Å²) in [4.78, 5) is 37.3. The maximum Gasteiger partial charge on any atom is 0.408 e. The fourth-order valence-electron chi connectivity index (χ4n) is 4.20. The summed E-state index contributed by atoms with van der Waals surface area (Å²) in [7, 11) is 0. The summed E-state index contributed by atoms with van der Waals surface area (Å²) in [6.45, 7) is 2.49. The molecule has 2 aromatic carbocycles. The number of nitrogens with zero attached hydrogens (tertiary/aromatic N) is 1. The van der Waals surface area contributed by atoms with Gasteiger partial charge in [0, 0.05) is 5.92 Å². The highest BCUT2D eigenvalue weighted by Crippen LogP contribution is 2.44. The van der Waals surface area contributed by atoms with Gasteiger partial charge >= 0.3 is 12.1 Å². The number of rotatable bonds is 5. The molecule has 4 rings (SSSR count). The molecule has 31 heavy (non-hydrogen) atoms. The maximum atomic E-state index is 12.6. The highest BCUT2D eigenvalue weighted by Gasteiger charge is 2.52. The lowest BCUT2D eigenvalue weighted by Crippen LogP contribution is -2.71. The molecule has 0 saturated carbocycles. The Balaban J connectivity index is 1.38. The van der Waals surface area contributed by atoms with Gasteiger partial charge in [-0.15, -0.1) is 0 Å². The topological polar surface area (TPSA) is 116 Å². The molecule has 0 radical (unpaired) electrons. The first-order valence-electron chi connectivity index (χ1n) is 10.0. The van der Waals surface area contributed by atoms with E-state index in [0.29, 0.717) is 0 Å². The Morgan fingerprint density at radius 3 is 2.10 bits per heavy atom. The molecule has 0 spiro atoms. The molecule has 162 valence electrons. The van der Waals surface area contributed by atoms with Crippen molar-refractivity contribution in [1.29, 1.82) is 0 Å². The fourth-order valence-corrected chi connectivity index (χ4v) is 4.20. The van der Waals surface area contributed by atoms with Gasteiger partial charge < -0.3 is 25.2 Å². The Labute approximate surface area is 179 Å². The van der Waals surface area contributed by atoms with Crippen LogP contribution in [-0.4, -0.2) is 63.9 Å². The van der Waals surface area contributed by atoms with Crippen LogP contribution in [0.25, 0.3) is 11.1 Å². The molecule has 0 unspecified atom stereocenters. The van der Waals surface area contributed by atoms with Crippen molar-refractivity contribution in [2.45, 2.75) is 30.9 Å². The molecule has 1 saturated heterocycles. The predicted octanol–water partition coefficient (Wildman–Crippen LogP) is 1.96. The van der Waals surface area contributed by atoms with E-state index in [1.165, 1.54) is 18.7 Å². The zero-order valence-electron chi connectivity index (χ0n) is 17.3. The third kappa shape index (κ3) is 3.63. The lowest BCUT2D eigenvalue weighted by molar-refractivity contribution is -0.184. The Morgan fingerprint density at radius 2 is 1.58 bits per heavy atom. The standard InChI is InChI=1S/C23H24N2O6/c1-22(2,19(26)25-12-23(30,13-25)20(27)28)24-21(29)31-11-18-16-9-5-3-7-14(16)15-8-4-6-10-17(15)18/h3-10,18,30H,11-13H2,1-2H3,(H,24,29)(H,27,28). The molecule has 0 aromatic heterocycles. The number of likely N-dealkylation sites (tertiary alicyclic amines) is 1. The summed E-state index contributed by atoms with van der Waals surface area (Å²) >= 11 is 0. The lowest BCUT2D eigenvalue weighted by atomic mass is 9.91. The average molecular weight is 424 g/mol. The van der Waals surface area contributed by atoms with Gasteiger partial charge in [0.2, 0.25) is 5.91 Å². The number of fused-ring (bicyclic) bond motifs is 3. The van der Waals surface area contributed by atoms with Crippen molar-refractivity contribution < 1.29 is 29.3 Å². The van der Waals surface area contributed by atoms with E-state index in [-0.39, 0.29) is 25.6 Å². The Kier molecular flexibility index (Phi) is 4.97. The largest absolute Gasteiger partial charge is 0.479 e. The first-order valence-corrected chi connectivity index (χ1v) is 10.0. The molecule has 2 amide bonds. The second-order valence-corrected chi connectivity index (χ2v) is 8.57. The Hall–Kier alpha value is -3.39. The second kappa shape index (κ2) is 7.39. The van der Waals surface area contributed by atoms with Crippen molar-refractivity contribution in [3.05, 3.63) is 59.7 Å². The molecular weight excluding hydrogens is 400 g/mol. The van der Waals surface area contributed by atoms with E-state index in [0.717, 1.165) is 22.3 Å². The first-order chi connectivity index (χ1) is 14.6. The Morgan fingerprint density at radius 1 is 1.06 bits per heavy atom. The number of aliphatic hydroxyl groups is 1. The number of carbonyl (C=O) groups is 3. The Bertz CT molecular complexity index is 1010. The van der Waals surface area contributed by atoms with Gasteiger partial charge in [0.15, 0.2) is 5.60 Å². The van der Waals surface area contributed by atoms with Gasteiger partial charge in [-0.3, -0.25) is 4.79 Å². The van der Waals surface area contributed by atoms with Crippen LogP contribution in [0.5, 0.6) is 0 Å². The zero-order valence-corrected chi connectivity index (χ0v) is 17.3. The van der Waals surface area contributed by atoms with E-state index in [1.807, 2.05) is 48.5 Å². The minimum absolute atomic E-state index is 0.0992. The monoisotopic (exact) mass is 424 g/mol. The molecule has 1 aliphatic carbocycles. The van der Waals surface area contributed by atoms with Crippen LogP contribution < -0.4 is 5.32 Å². The SMILES string of the molecule is CC(C)(NC(=O)OCC1c2ccccc2-c2ccccc21)C(=O)N1CC(O)(C(=O)O)C1. The number of β-amino-alcohol motifs (C(OH)–C–C–N with tert-alkyl or cyclic N) is 1. The van der Waals surface area contributed by atoms with Crippen molar-refractivity contribution in [3.63, 3.8) is 0 Å². The van der Waals surface area contributed by atoms with E-state index in [9.17, 15) is 19.5 Å². The van der Waals surface area contributed by atoms with E-state index in [4.69, 9.17) is 9.84 Å². The number of hydrogen-bond acceptors (Lipinski definition) is 5. The zero-order chi connectivity index (χ0) is 22.4. The molecule has 1 heterocycles. The normalized spacial score (nSPS) is 16.7. The summed E-state index contributed by atoms with van der Waals surface area (Å²) in [6.07, 6.45) is -0.741. The summed E-state index contributed by atoms with van der Waals surface area (Å²) in [6, 6.07) is 16.0. The van der Waals surface area contributed by atoms with Crippen LogP contribution in [0, 0.1) is 0 Å². The molecular formula is C23H24N2O6. The molecule has 2 aromatic rings. The van der Waals surface area contributed by atoms with Crippen LogP contribution in [0.15, 0.2) is 48.5 Å². The number of benzene rings is 2. The quantitative estimate of drug-likeness (QED) is 0.676. The summed E-state index contributed by atoms with van der Waals surface area (Å²) in [5.41, 5.74) is 1.15. The minimum atomic E-state index is -1.94. The van der Waals surface area contributed by atoms with Crippen LogP contribution in [0.1, 0.15) is 30.9 Å². The van der Waals surface area contributed by atoms with Crippen molar-refractivity contribution in [3.8, 4) is 11.1 Å². The van der Waals surface area contributed by atoms with Crippen LogP contribution in [0.4, 0.5) is 4.79 Å². The molecule has 8 nitrogen and oxygen atoms in total. The van der Waals surface area contributed by atoms with Crippen molar-refractivity contribution in [1.82, 2.24) is 10.2 Å². The molecule has 3 N–H and O–H groups in total. The van der Waals surface area contributed by atoms with Crippen molar-refractivity contribution >= 4 is 18.0 Å². The average Bonchev–Trinajstić information content (AvgIpc) is 3.02. The number of amides is 2. The minimum Gasteiger partial charge on any atom is -0.479 e. The lowest BCUT2D eigenvalue weighted by Gasteiger charge is -2.46. The number of carboxylic acids is 1. The van der Waals surface area contributed by atoms with Gasteiger partial charge in [-0.2, -0.15) is 0 Å². The highest BCUT2D eigenvalue weighted by atomic mass is 16.5. The third-order valence-corrected chi connectivity index (χ3v) is 5.88. The third-order valence-electron chi connectivity index (χ3n) is 5.88. The maximum absolute atomic E-state index is 12.6. The number of ether oxygens (including phenoxy) is 1. The molecule has 8 heteroatoms. The van der Waals surface area contributed by atoms with Gasteiger partial charge in [0.25, 0.3) is 0 Å².